The quantitative estimate of drug-likeness (QED) is 0.694. The van der Waals surface area contributed by atoms with Crippen LogP contribution in [0.15, 0.2) is 42.5 Å². The predicted molar refractivity (Wildman–Crippen MR) is 125 cm³/mol. The fourth-order valence-corrected chi connectivity index (χ4v) is 3.91. The minimum atomic E-state index is -0.159. The fourth-order valence-electron chi connectivity index (χ4n) is 3.91. The van der Waals surface area contributed by atoms with Gasteiger partial charge in [0, 0.05) is 38.4 Å². The minimum Gasteiger partial charge on any atom is -0.493 e. The molecule has 1 heterocycles. The number of anilines is 1. The summed E-state index contributed by atoms with van der Waals surface area (Å²) in [6.07, 6.45) is 0. The topological polar surface area (TPSA) is 54.0 Å². The summed E-state index contributed by atoms with van der Waals surface area (Å²) in [5.74, 6) is 2.03. The lowest BCUT2D eigenvalue weighted by molar-refractivity contribution is -0.121. The van der Waals surface area contributed by atoms with Crippen molar-refractivity contribution in [3.05, 3.63) is 53.6 Å². The Hall–Kier alpha value is -2.57. The van der Waals surface area contributed by atoms with Gasteiger partial charge in [0.2, 0.25) is 5.91 Å². The molecule has 1 atom stereocenters. The molecular weight excluding hydrogens is 390 g/mol. The van der Waals surface area contributed by atoms with Crippen LogP contribution in [0.4, 0.5) is 5.69 Å². The van der Waals surface area contributed by atoms with Gasteiger partial charge in [-0.25, -0.2) is 0 Å². The van der Waals surface area contributed by atoms with E-state index in [1.165, 1.54) is 11.1 Å². The molecule has 0 bridgehead atoms. The van der Waals surface area contributed by atoms with Gasteiger partial charge in [-0.05, 0) is 48.2 Å². The van der Waals surface area contributed by atoms with Gasteiger partial charge in [-0.2, -0.15) is 0 Å². The van der Waals surface area contributed by atoms with Gasteiger partial charge in [-0.15, -0.1) is 0 Å². The molecule has 1 amide bonds. The van der Waals surface area contributed by atoms with Crippen molar-refractivity contribution < 1.29 is 14.3 Å². The first-order valence-electron chi connectivity index (χ1n) is 11.0. The van der Waals surface area contributed by atoms with Crippen molar-refractivity contribution >= 4 is 11.6 Å². The third-order valence-corrected chi connectivity index (χ3v) is 6.03. The Bertz CT molecular complexity index is 859. The summed E-state index contributed by atoms with van der Waals surface area (Å²) >= 11 is 0. The Labute approximate surface area is 186 Å². The molecule has 1 aliphatic rings. The van der Waals surface area contributed by atoms with E-state index >= 15 is 0 Å². The number of nitrogens with zero attached hydrogens (tertiary/aromatic N) is 2. The zero-order valence-corrected chi connectivity index (χ0v) is 19.4. The lowest BCUT2D eigenvalue weighted by Gasteiger charge is -2.37. The van der Waals surface area contributed by atoms with Crippen LogP contribution in [-0.2, 0) is 11.3 Å². The van der Waals surface area contributed by atoms with Crippen molar-refractivity contribution in [1.82, 2.24) is 9.80 Å². The number of benzene rings is 2. The van der Waals surface area contributed by atoms with Gasteiger partial charge in [0.25, 0.3) is 0 Å². The molecule has 0 saturated carbocycles. The third kappa shape index (κ3) is 5.99. The number of carbonyl (C=O) groups is 1. The highest BCUT2D eigenvalue weighted by atomic mass is 16.5. The van der Waals surface area contributed by atoms with E-state index in [0.29, 0.717) is 5.92 Å². The molecule has 168 valence electrons. The van der Waals surface area contributed by atoms with E-state index < -0.39 is 0 Å². The van der Waals surface area contributed by atoms with Crippen molar-refractivity contribution in [3.63, 3.8) is 0 Å². The van der Waals surface area contributed by atoms with Crippen LogP contribution in [0.2, 0.25) is 0 Å². The minimum absolute atomic E-state index is 0.0469. The molecule has 1 saturated heterocycles. The largest absolute Gasteiger partial charge is 0.493 e. The first-order chi connectivity index (χ1) is 14.9. The summed E-state index contributed by atoms with van der Waals surface area (Å²) in [5, 5.41) is 3.06. The van der Waals surface area contributed by atoms with E-state index in [2.05, 4.69) is 47.2 Å². The van der Waals surface area contributed by atoms with Crippen molar-refractivity contribution in [2.45, 2.75) is 39.3 Å². The van der Waals surface area contributed by atoms with Crippen LogP contribution in [0, 0.1) is 0 Å². The molecule has 3 rings (SSSR count). The van der Waals surface area contributed by atoms with E-state index in [1.54, 1.807) is 14.2 Å². The standard InChI is InChI=1S/C25H35N3O3/c1-18(2)21-7-9-22(10-8-21)26-25(29)19(3)28-14-12-27(13-15-28)17-20-6-11-23(30-4)24(16-20)31-5/h6-11,16,18-19H,12-15,17H2,1-5H3,(H,26,29)/t19-/m1/s1. The zero-order chi connectivity index (χ0) is 22.4. The van der Waals surface area contributed by atoms with Gasteiger partial charge < -0.3 is 14.8 Å². The Balaban J connectivity index is 1.50. The van der Waals surface area contributed by atoms with Crippen molar-refractivity contribution in [2.75, 3.05) is 45.7 Å². The van der Waals surface area contributed by atoms with Gasteiger partial charge >= 0.3 is 0 Å². The molecule has 0 spiro atoms. The van der Waals surface area contributed by atoms with Gasteiger partial charge in [0.15, 0.2) is 11.5 Å². The number of piperazine rings is 1. The van der Waals surface area contributed by atoms with Crippen LogP contribution >= 0.6 is 0 Å². The van der Waals surface area contributed by atoms with E-state index in [1.807, 2.05) is 31.2 Å². The number of methoxy groups -OCH3 is 2. The normalized spacial score (nSPS) is 16.2. The smallest absolute Gasteiger partial charge is 0.241 e. The number of hydrogen-bond acceptors (Lipinski definition) is 5. The maximum absolute atomic E-state index is 12.7. The highest BCUT2D eigenvalue weighted by Crippen LogP contribution is 2.28. The summed E-state index contributed by atoms with van der Waals surface area (Å²) in [6.45, 7) is 10.8. The van der Waals surface area contributed by atoms with E-state index in [4.69, 9.17) is 9.47 Å². The molecule has 1 N–H and O–H groups in total. The number of amides is 1. The Kier molecular flexibility index (Phi) is 7.93. The average Bonchev–Trinajstić information content (AvgIpc) is 2.79. The summed E-state index contributed by atoms with van der Waals surface area (Å²) in [6, 6.07) is 14.0. The summed E-state index contributed by atoms with van der Waals surface area (Å²) in [4.78, 5) is 17.4. The van der Waals surface area contributed by atoms with Crippen molar-refractivity contribution in [1.29, 1.82) is 0 Å². The molecule has 2 aromatic carbocycles. The maximum Gasteiger partial charge on any atom is 0.241 e. The van der Waals surface area contributed by atoms with Crippen LogP contribution in [-0.4, -0.2) is 62.1 Å². The lowest BCUT2D eigenvalue weighted by atomic mass is 10.0. The van der Waals surface area contributed by atoms with Gasteiger partial charge in [0.1, 0.15) is 0 Å². The molecule has 6 heteroatoms. The molecule has 6 nitrogen and oxygen atoms in total. The van der Waals surface area contributed by atoms with Crippen LogP contribution in [0.3, 0.4) is 0 Å². The van der Waals surface area contributed by atoms with E-state index in [-0.39, 0.29) is 11.9 Å². The molecule has 0 aliphatic carbocycles. The van der Waals surface area contributed by atoms with Crippen molar-refractivity contribution in [3.8, 4) is 11.5 Å². The second kappa shape index (κ2) is 10.6. The SMILES string of the molecule is COc1ccc(CN2CCN([C@H](C)C(=O)Nc3ccc(C(C)C)cc3)CC2)cc1OC. The van der Waals surface area contributed by atoms with Crippen LogP contribution < -0.4 is 14.8 Å². The highest BCUT2D eigenvalue weighted by molar-refractivity contribution is 5.94. The van der Waals surface area contributed by atoms with E-state index in [9.17, 15) is 4.79 Å². The number of ether oxygens (including phenoxy) is 2. The van der Waals surface area contributed by atoms with Gasteiger partial charge in [0.05, 0.1) is 20.3 Å². The molecule has 31 heavy (non-hydrogen) atoms. The second-order valence-electron chi connectivity index (χ2n) is 8.44. The predicted octanol–water partition coefficient (Wildman–Crippen LogP) is 3.97. The van der Waals surface area contributed by atoms with Crippen LogP contribution in [0.25, 0.3) is 0 Å². The maximum atomic E-state index is 12.7. The number of hydrogen-bond donors (Lipinski definition) is 1. The number of rotatable bonds is 8. The summed E-state index contributed by atoms with van der Waals surface area (Å²) in [5.41, 5.74) is 3.33. The van der Waals surface area contributed by atoms with Gasteiger partial charge in [-0.1, -0.05) is 32.0 Å². The molecule has 1 aliphatic heterocycles. The summed E-state index contributed by atoms with van der Waals surface area (Å²) < 4.78 is 10.7. The van der Waals surface area contributed by atoms with Crippen LogP contribution in [0.5, 0.6) is 11.5 Å². The van der Waals surface area contributed by atoms with Gasteiger partial charge in [-0.3, -0.25) is 14.6 Å². The van der Waals surface area contributed by atoms with Crippen LogP contribution in [0.1, 0.15) is 37.8 Å². The zero-order valence-electron chi connectivity index (χ0n) is 19.4. The first kappa shape index (κ1) is 23.1. The Morgan fingerprint density at radius 2 is 1.58 bits per heavy atom. The molecule has 2 aromatic rings. The number of carbonyl (C=O) groups excluding carboxylic acids is 1. The molecular formula is C25H35N3O3. The Morgan fingerprint density at radius 1 is 0.935 bits per heavy atom. The average molecular weight is 426 g/mol. The highest BCUT2D eigenvalue weighted by Gasteiger charge is 2.25. The molecule has 0 unspecified atom stereocenters. The third-order valence-electron chi connectivity index (χ3n) is 6.03. The summed E-state index contributed by atoms with van der Waals surface area (Å²) in [7, 11) is 3.31. The Morgan fingerprint density at radius 3 is 2.16 bits per heavy atom. The molecule has 1 fully saturated rings. The first-order valence-corrected chi connectivity index (χ1v) is 11.0. The second-order valence-corrected chi connectivity index (χ2v) is 8.44. The molecule has 0 aromatic heterocycles. The lowest BCUT2D eigenvalue weighted by Crippen LogP contribution is -2.52. The monoisotopic (exact) mass is 425 g/mol. The van der Waals surface area contributed by atoms with Crippen molar-refractivity contribution in [2.24, 2.45) is 0 Å². The fraction of sp³-hybridized carbons (Fsp3) is 0.480. The van der Waals surface area contributed by atoms with E-state index in [0.717, 1.165) is 49.9 Å². The molecule has 0 radical (unpaired) electrons. The number of nitrogens with one attached hydrogen (secondary N) is 1.